The quantitative estimate of drug-likeness (QED) is 0.379. The fourth-order valence-electron chi connectivity index (χ4n) is 2.21. The van der Waals surface area contributed by atoms with Crippen LogP contribution in [0.5, 0.6) is 5.75 Å². The number of rotatable bonds is 8. The first-order valence-electron chi connectivity index (χ1n) is 8.74. The van der Waals surface area contributed by atoms with Crippen LogP contribution in [0.4, 0.5) is 5.69 Å². The molecule has 1 amide bonds. The minimum absolute atomic E-state index is 0.188. The standard InChI is InChI=1S/C20H21ClN2O4S/c1-2-26-19(25)14-5-9-16(10-6-14)22-20(28)23-18(24)4-3-13-27-17-11-7-15(21)8-12-17/h5-12H,2-4,13H2,1H3,(H2,22,23,24,28). The molecule has 0 aliphatic heterocycles. The van der Waals surface area contributed by atoms with E-state index in [2.05, 4.69) is 10.6 Å². The van der Waals surface area contributed by atoms with Crippen molar-refractivity contribution in [3.63, 3.8) is 0 Å². The number of amides is 1. The Labute approximate surface area is 174 Å². The Balaban J connectivity index is 1.68. The second-order valence-electron chi connectivity index (χ2n) is 5.71. The molecule has 0 bridgehead atoms. The van der Waals surface area contributed by atoms with Gasteiger partial charge in [-0.3, -0.25) is 4.79 Å². The number of ether oxygens (including phenoxy) is 2. The summed E-state index contributed by atoms with van der Waals surface area (Å²) < 4.78 is 10.5. The van der Waals surface area contributed by atoms with E-state index in [0.29, 0.717) is 41.7 Å². The van der Waals surface area contributed by atoms with Crippen molar-refractivity contribution in [1.29, 1.82) is 0 Å². The highest BCUT2D eigenvalue weighted by Gasteiger charge is 2.08. The first-order valence-corrected chi connectivity index (χ1v) is 9.53. The molecule has 0 aliphatic carbocycles. The van der Waals surface area contributed by atoms with Crippen molar-refractivity contribution in [2.45, 2.75) is 19.8 Å². The molecule has 6 nitrogen and oxygen atoms in total. The monoisotopic (exact) mass is 420 g/mol. The Kier molecular flexibility index (Phi) is 8.71. The lowest BCUT2D eigenvalue weighted by atomic mass is 10.2. The SMILES string of the molecule is CCOC(=O)c1ccc(NC(=S)NC(=O)CCCOc2ccc(Cl)cc2)cc1. The molecule has 0 atom stereocenters. The number of carbonyl (C=O) groups is 2. The lowest BCUT2D eigenvalue weighted by molar-refractivity contribution is -0.119. The van der Waals surface area contributed by atoms with E-state index >= 15 is 0 Å². The van der Waals surface area contributed by atoms with Crippen LogP contribution in [-0.4, -0.2) is 30.2 Å². The lowest BCUT2D eigenvalue weighted by Gasteiger charge is -2.10. The molecule has 2 rings (SSSR count). The van der Waals surface area contributed by atoms with E-state index in [-0.39, 0.29) is 23.4 Å². The summed E-state index contributed by atoms with van der Waals surface area (Å²) in [4.78, 5) is 23.6. The predicted octanol–water partition coefficient (Wildman–Crippen LogP) is 4.19. The van der Waals surface area contributed by atoms with Crippen LogP contribution >= 0.6 is 23.8 Å². The summed E-state index contributed by atoms with van der Waals surface area (Å²) >= 11 is 10.9. The number of esters is 1. The van der Waals surface area contributed by atoms with Crippen LogP contribution in [0.25, 0.3) is 0 Å². The van der Waals surface area contributed by atoms with Gasteiger partial charge in [-0.15, -0.1) is 0 Å². The average Bonchev–Trinajstić information content (AvgIpc) is 2.67. The first kappa shape index (κ1) is 21.7. The zero-order valence-electron chi connectivity index (χ0n) is 15.4. The highest BCUT2D eigenvalue weighted by atomic mass is 35.5. The number of thiocarbonyl (C=S) groups is 1. The van der Waals surface area contributed by atoms with Crippen molar-refractivity contribution in [1.82, 2.24) is 5.32 Å². The van der Waals surface area contributed by atoms with Crippen molar-refractivity contribution >= 4 is 46.5 Å². The maximum absolute atomic E-state index is 11.9. The smallest absolute Gasteiger partial charge is 0.338 e. The van der Waals surface area contributed by atoms with Crippen molar-refractivity contribution in [2.75, 3.05) is 18.5 Å². The molecule has 28 heavy (non-hydrogen) atoms. The summed E-state index contributed by atoms with van der Waals surface area (Å²) in [5.41, 5.74) is 1.10. The Morgan fingerprint density at radius 3 is 2.39 bits per heavy atom. The predicted molar refractivity (Wildman–Crippen MR) is 113 cm³/mol. The van der Waals surface area contributed by atoms with Crippen molar-refractivity contribution in [3.8, 4) is 5.75 Å². The molecule has 0 saturated heterocycles. The molecule has 0 aliphatic rings. The fourth-order valence-corrected chi connectivity index (χ4v) is 2.57. The molecule has 2 aromatic carbocycles. The third kappa shape index (κ3) is 7.54. The summed E-state index contributed by atoms with van der Waals surface area (Å²) in [6, 6.07) is 13.6. The molecule has 0 radical (unpaired) electrons. The molecule has 0 fully saturated rings. The maximum Gasteiger partial charge on any atom is 0.338 e. The minimum atomic E-state index is -0.384. The van der Waals surface area contributed by atoms with Gasteiger partial charge < -0.3 is 20.1 Å². The minimum Gasteiger partial charge on any atom is -0.494 e. The fraction of sp³-hybridized carbons (Fsp3) is 0.250. The summed E-state index contributed by atoms with van der Waals surface area (Å²) in [6.07, 6.45) is 0.822. The van der Waals surface area contributed by atoms with Crippen LogP contribution in [0.15, 0.2) is 48.5 Å². The zero-order valence-corrected chi connectivity index (χ0v) is 16.9. The van der Waals surface area contributed by atoms with Gasteiger partial charge in [0.05, 0.1) is 18.8 Å². The molecule has 148 valence electrons. The number of anilines is 1. The van der Waals surface area contributed by atoms with E-state index in [4.69, 9.17) is 33.3 Å². The summed E-state index contributed by atoms with van der Waals surface area (Å²) in [5.74, 6) is 0.111. The number of hydrogen-bond donors (Lipinski definition) is 2. The largest absolute Gasteiger partial charge is 0.494 e. The highest BCUT2D eigenvalue weighted by Crippen LogP contribution is 2.15. The third-order valence-corrected chi connectivity index (χ3v) is 3.99. The summed E-state index contributed by atoms with van der Waals surface area (Å²) in [6.45, 7) is 2.48. The Bertz CT molecular complexity index is 810. The second kappa shape index (κ2) is 11.3. The lowest BCUT2D eigenvalue weighted by Crippen LogP contribution is -2.34. The van der Waals surface area contributed by atoms with Crippen molar-refractivity contribution in [3.05, 3.63) is 59.1 Å². The number of carbonyl (C=O) groups excluding carboxylic acids is 2. The molecule has 0 unspecified atom stereocenters. The van der Waals surface area contributed by atoms with Gasteiger partial charge in [0.2, 0.25) is 5.91 Å². The number of hydrogen-bond acceptors (Lipinski definition) is 5. The summed E-state index contributed by atoms with van der Waals surface area (Å²) in [5, 5.41) is 6.33. The van der Waals surface area contributed by atoms with Crippen LogP contribution < -0.4 is 15.4 Å². The normalized spacial score (nSPS) is 10.1. The first-order chi connectivity index (χ1) is 13.5. The Hall–Kier alpha value is -2.64. The van der Waals surface area contributed by atoms with E-state index in [0.717, 1.165) is 0 Å². The molecule has 2 aromatic rings. The average molecular weight is 421 g/mol. The molecular weight excluding hydrogens is 400 g/mol. The molecule has 8 heteroatoms. The number of halogens is 1. The van der Waals surface area contributed by atoms with Gasteiger partial charge in [0.1, 0.15) is 5.75 Å². The molecule has 2 N–H and O–H groups in total. The molecule has 0 aromatic heterocycles. The topological polar surface area (TPSA) is 76.7 Å². The maximum atomic E-state index is 11.9. The van der Waals surface area contributed by atoms with Gasteiger partial charge in [-0.1, -0.05) is 11.6 Å². The zero-order chi connectivity index (χ0) is 20.4. The molecule has 0 spiro atoms. The van der Waals surface area contributed by atoms with Gasteiger partial charge in [-0.2, -0.15) is 0 Å². The number of nitrogens with one attached hydrogen (secondary N) is 2. The van der Waals surface area contributed by atoms with Crippen LogP contribution in [0.1, 0.15) is 30.1 Å². The second-order valence-corrected chi connectivity index (χ2v) is 6.55. The number of benzene rings is 2. The van der Waals surface area contributed by atoms with Gasteiger partial charge in [0.25, 0.3) is 0 Å². The summed E-state index contributed by atoms with van der Waals surface area (Å²) in [7, 11) is 0. The Morgan fingerprint density at radius 2 is 1.75 bits per heavy atom. The van der Waals surface area contributed by atoms with Crippen molar-refractivity contribution in [2.24, 2.45) is 0 Å². The van der Waals surface area contributed by atoms with Crippen LogP contribution in [0.2, 0.25) is 5.02 Å². The molecular formula is C20H21ClN2O4S. The highest BCUT2D eigenvalue weighted by molar-refractivity contribution is 7.80. The van der Waals surface area contributed by atoms with Crippen LogP contribution in [-0.2, 0) is 9.53 Å². The molecule has 0 saturated carbocycles. The van der Waals surface area contributed by atoms with Gasteiger partial charge in [-0.25, -0.2) is 4.79 Å². The Morgan fingerprint density at radius 1 is 1.07 bits per heavy atom. The van der Waals surface area contributed by atoms with Crippen LogP contribution in [0, 0.1) is 0 Å². The van der Waals surface area contributed by atoms with Gasteiger partial charge in [-0.05, 0) is 74.1 Å². The third-order valence-electron chi connectivity index (χ3n) is 3.54. The van der Waals surface area contributed by atoms with E-state index in [9.17, 15) is 9.59 Å². The van der Waals surface area contributed by atoms with Crippen LogP contribution in [0.3, 0.4) is 0 Å². The van der Waals surface area contributed by atoms with E-state index in [1.54, 1.807) is 55.5 Å². The van der Waals surface area contributed by atoms with Gasteiger partial charge in [0.15, 0.2) is 5.11 Å². The van der Waals surface area contributed by atoms with E-state index in [1.807, 2.05) is 0 Å². The van der Waals surface area contributed by atoms with Crippen molar-refractivity contribution < 1.29 is 19.1 Å². The van der Waals surface area contributed by atoms with Gasteiger partial charge in [0, 0.05) is 17.1 Å². The van der Waals surface area contributed by atoms with E-state index in [1.165, 1.54) is 0 Å². The molecule has 0 heterocycles. The van der Waals surface area contributed by atoms with E-state index < -0.39 is 0 Å². The van der Waals surface area contributed by atoms with Gasteiger partial charge >= 0.3 is 5.97 Å².